The molecule has 35 heavy (non-hydrogen) atoms. The topological polar surface area (TPSA) is 103 Å². The zero-order chi connectivity index (χ0) is 25.0. The number of nitrogens with zero attached hydrogens (tertiary/aromatic N) is 3. The maximum absolute atomic E-state index is 13.9. The maximum Gasteiger partial charge on any atom is 0.230 e. The van der Waals surface area contributed by atoms with Crippen molar-refractivity contribution in [2.45, 2.75) is 6.61 Å². The van der Waals surface area contributed by atoms with Gasteiger partial charge in [-0.15, -0.1) is 0 Å². The number of anilines is 2. The molecule has 1 heterocycles. The molecule has 0 amide bonds. The van der Waals surface area contributed by atoms with Gasteiger partial charge in [0.2, 0.25) is 5.95 Å². The molecule has 0 spiro atoms. The Bertz CT molecular complexity index is 1500. The Labute approximate surface area is 200 Å². The lowest BCUT2D eigenvalue weighted by atomic mass is 10.1. The van der Waals surface area contributed by atoms with Crippen LogP contribution in [0.2, 0.25) is 0 Å². The van der Waals surface area contributed by atoms with Crippen LogP contribution in [0.5, 0.6) is 5.75 Å². The summed E-state index contributed by atoms with van der Waals surface area (Å²) in [7, 11) is -2.58. The van der Waals surface area contributed by atoms with Crippen molar-refractivity contribution in [3.63, 3.8) is 0 Å². The summed E-state index contributed by atoms with van der Waals surface area (Å²) in [6.07, 6.45) is 2.71. The van der Waals surface area contributed by atoms with Gasteiger partial charge in [-0.1, -0.05) is 18.2 Å². The van der Waals surface area contributed by atoms with Gasteiger partial charge >= 0.3 is 0 Å². The quantitative estimate of drug-likeness (QED) is 0.369. The Hall–Kier alpha value is -3.96. The monoisotopic (exact) mass is 499 g/mol. The van der Waals surface area contributed by atoms with Crippen LogP contribution in [-0.2, 0) is 16.3 Å². The van der Waals surface area contributed by atoms with E-state index in [0.29, 0.717) is 22.4 Å². The predicted molar refractivity (Wildman–Crippen MR) is 129 cm³/mol. The predicted octanol–water partition coefficient (Wildman–Crippen LogP) is 4.22. The number of benzene rings is 3. The molecule has 11 heteroatoms. The molecule has 4 rings (SSSR count). The van der Waals surface area contributed by atoms with E-state index in [-0.39, 0.29) is 24.1 Å². The number of nitrogens with one attached hydrogen (secondary N) is 1. The van der Waals surface area contributed by atoms with Crippen molar-refractivity contribution >= 4 is 26.7 Å². The Morgan fingerprint density at radius 1 is 1.03 bits per heavy atom. The molecule has 0 saturated carbocycles. The molecular weight excluding hydrogens is 479 g/mol. The highest BCUT2D eigenvalue weighted by molar-refractivity contribution is 7.98. The molecule has 7 nitrogen and oxygen atoms in total. The third-order valence-electron chi connectivity index (χ3n) is 4.65. The highest BCUT2D eigenvalue weighted by atomic mass is 32.2. The van der Waals surface area contributed by atoms with Crippen LogP contribution in [0.1, 0.15) is 11.1 Å². The molecular formula is C24H20F3N5O2S. The third kappa shape index (κ3) is 6.55. The second-order valence-electron chi connectivity index (χ2n) is 7.65. The van der Waals surface area contributed by atoms with E-state index in [1.807, 2.05) is 0 Å². The summed E-state index contributed by atoms with van der Waals surface area (Å²) in [4.78, 5) is 12.6. The van der Waals surface area contributed by atoms with E-state index >= 15 is 0 Å². The zero-order valence-electron chi connectivity index (χ0n) is 18.4. The summed E-state index contributed by atoms with van der Waals surface area (Å²) in [6, 6.07) is 14.2. The maximum atomic E-state index is 13.9. The minimum atomic E-state index is -2.58. The molecule has 3 N–H and O–H groups in total. The normalized spacial score (nSPS) is 12.6. The SMILES string of the molecule is CS(N)(=O)=Cc1cccc(Nc2ncnc(-c3ccc(F)cc3OCc3ccc(F)c(F)c3)n2)c1. The first-order valence-corrected chi connectivity index (χ1v) is 12.3. The van der Waals surface area contributed by atoms with Gasteiger partial charge in [0.15, 0.2) is 17.5 Å². The molecule has 0 fully saturated rings. The Balaban J connectivity index is 1.59. The molecule has 180 valence electrons. The van der Waals surface area contributed by atoms with Gasteiger partial charge in [-0.05, 0) is 47.5 Å². The fraction of sp³-hybridized carbons (Fsp3) is 0.0833. The lowest BCUT2D eigenvalue weighted by Gasteiger charge is -2.12. The van der Waals surface area contributed by atoms with Crippen molar-refractivity contribution in [2.75, 3.05) is 11.6 Å². The van der Waals surface area contributed by atoms with E-state index in [4.69, 9.17) is 9.88 Å². The van der Waals surface area contributed by atoms with Crippen LogP contribution < -0.4 is 15.2 Å². The number of ether oxygens (including phenoxy) is 1. The standard InChI is InChI=1S/C24H20F3N5O2S/c1-35(28,33)13-16-3-2-4-18(9-16)31-24-30-14-29-23(32-24)19-7-6-17(25)11-22(19)34-12-15-5-8-20(26)21(27)10-15/h2-11,13-14H,12H2,1H3,(H2,28,33)(H,29,30,31,32). The number of hydrogen-bond acceptors (Lipinski definition) is 6. The van der Waals surface area contributed by atoms with Gasteiger partial charge in [0, 0.05) is 33.1 Å². The number of nitrogens with two attached hydrogens (primary N) is 1. The largest absolute Gasteiger partial charge is 0.488 e. The van der Waals surface area contributed by atoms with E-state index in [0.717, 1.165) is 18.2 Å². The third-order valence-corrected chi connectivity index (χ3v) is 5.39. The van der Waals surface area contributed by atoms with Crippen molar-refractivity contribution in [1.29, 1.82) is 0 Å². The molecule has 0 saturated heterocycles. The minimum absolute atomic E-state index is 0.115. The van der Waals surface area contributed by atoms with E-state index < -0.39 is 27.2 Å². The summed E-state index contributed by atoms with van der Waals surface area (Å²) in [5, 5.41) is 10.1. The van der Waals surface area contributed by atoms with Gasteiger partial charge in [-0.2, -0.15) is 4.98 Å². The number of hydrogen-bond donors (Lipinski definition) is 2. The summed E-state index contributed by atoms with van der Waals surface area (Å²) in [5.41, 5.74) is 2.01. The zero-order valence-corrected chi connectivity index (χ0v) is 19.2. The van der Waals surface area contributed by atoms with E-state index in [9.17, 15) is 17.4 Å². The molecule has 3 aromatic carbocycles. The van der Waals surface area contributed by atoms with Crippen LogP contribution in [0.4, 0.5) is 24.8 Å². The van der Waals surface area contributed by atoms with Crippen LogP contribution in [0.25, 0.3) is 11.4 Å². The van der Waals surface area contributed by atoms with Crippen molar-refractivity contribution < 1.29 is 22.1 Å². The highest BCUT2D eigenvalue weighted by Gasteiger charge is 2.13. The fourth-order valence-electron chi connectivity index (χ4n) is 3.17. The van der Waals surface area contributed by atoms with Crippen LogP contribution in [-0.4, -0.2) is 30.8 Å². The molecule has 1 unspecified atom stereocenters. The molecule has 0 aliphatic rings. The molecule has 1 atom stereocenters. The minimum Gasteiger partial charge on any atom is -0.488 e. The van der Waals surface area contributed by atoms with Crippen molar-refractivity contribution in [2.24, 2.45) is 5.14 Å². The first-order valence-electron chi connectivity index (χ1n) is 10.2. The summed E-state index contributed by atoms with van der Waals surface area (Å²) in [6.45, 7) is -0.130. The van der Waals surface area contributed by atoms with Crippen LogP contribution in [0, 0.1) is 17.5 Å². The van der Waals surface area contributed by atoms with Gasteiger partial charge in [0.25, 0.3) is 0 Å². The van der Waals surface area contributed by atoms with Crippen molar-refractivity contribution in [3.8, 4) is 17.1 Å². The average Bonchev–Trinajstić information content (AvgIpc) is 2.79. The van der Waals surface area contributed by atoms with Crippen LogP contribution >= 0.6 is 0 Å². The molecule has 0 radical (unpaired) electrons. The lowest BCUT2D eigenvalue weighted by molar-refractivity contribution is 0.304. The molecule has 4 aromatic rings. The van der Waals surface area contributed by atoms with Crippen molar-refractivity contribution in [3.05, 3.63) is 95.6 Å². The van der Waals surface area contributed by atoms with E-state index in [1.54, 1.807) is 24.3 Å². The van der Waals surface area contributed by atoms with Gasteiger partial charge in [-0.25, -0.2) is 23.1 Å². The summed E-state index contributed by atoms with van der Waals surface area (Å²) < 4.78 is 58.1. The molecule has 0 bridgehead atoms. The summed E-state index contributed by atoms with van der Waals surface area (Å²) >= 11 is 0. The second kappa shape index (κ2) is 10.1. The highest BCUT2D eigenvalue weighted by Crippen LogP contribution is 2.30. The Morgan fingerprint density at radius 3 is 2.63 bits per heavy atom. The van der Waals surface area contributed by atoms with Crippen LogP contribution in [0.3, 0.4) is 0 Å². The second-order valence-corrected chi connectivity index (χ2v) is 9.81. The summed E-state index contributed by atoms with van der Waals surface area (Å²) in [5.74, 6) is -2.02. The van der Waals surface area contributed by atoms with Gasteiger partial charge in [0.05, 0.1) is 5.56 Å². The smallest absolute Gasteiger partial charge is 0.230 e. The number of aromatic nitrogens is 3. The van der Waals surface area contributed by atoms with Gasteiger partial charge in [-0.3, -0.25) is 9.35 Å². The number of halogens is 3. The molecule has 0 aliphatic heterocycles. The molecule has 0 aliphatic carbocycles. The van der Waals surface area contributed by atoms with Gasteiger partial charge < -0.3 is 10.1 Å². The van der Waals surface area contributed by atoms with Crippen molar-refractivity contribution in [1.82, 2.24) is 15.0 Å². The fourth-order valence-corrected chi connectivity index (χ4v) is 3.85. The average molecular weight is 500 g/mol. The first kappa shape index (κ1) is 24.2. The Morgan fingerprint density at radius 2 is 1.86 bits per heavy atom. The van der Waals surface area contributed by atoms with Crippen LogP contribution in [0.15, 0.2) is 67.0 Å². The Kier molecular flexibility index (Phi) is 6.99. The van der Waals surface area contributed by atoms with E-state index in [1.165, 1.54) is 36.1 Å². The molecule has 1 aromatic heterocycles. The first-order chi connectivity index (χ1) is 16.7. The lowest BCUT2D eigenvalue weighted by Crippen LogP contribution is -2.13. The number of rotatable bonds is 7. The van der Waals surface area contributed by atoms with Gasteiger partial charge in [0.1, 0.15) is 24.5 Å². The van der Waals surface area contributed by atoms with E-state index in [2.05, 4.69) is 20.3 Å².